The first kappa shape index (κ1) is 25.6. The summed E-state index contributed by atoms with van der Waals surface area (Å²) in [6, 6.07) is 11.1. The van der Waals surface area contributed by atoms with Crippen LogP contribution in [0.4, 0.5) is 4.79 Å². The van der Waals surface area contributed by atoms with Gasteiger partial charge < -0.3 is 31.2 Å². The van der Waals surface area contributed by atoms with E-state index in [9.17, 15) is 19.2 Å². The number of benzene rings is 2. The minimum atomic E-state index is -1.11. The summed E-state index contributed by atoms with van der Waals surface area (Å²) >= 11 is 0. The summed E-state index contributed by atoms with van der Waals surface area (Å²) in [6.07, 6.45) is 0. The molecule has 0 heterocycles. The zero-order valence-corrected chi connectivity index (χ0v) is 16.0. The summed E-state index contributed by atoms with van der Waals surface area (Å²) in [6.45, 7) is 2.44. The molecule has 0 saturated carbocycles. The number of aromatic carboxylic acids is 2. The van der Waals surface area contributed by atoms with Crippen molar-refractivity contribution < 1.29 is 43.7 Å². The molecule has 2 amide bonds. The molecule has 0 radical (unpaired) electrons. The number of carboxylic acid groups (broad SMARTS) is 2. The topological polar surface area (TPSA) is 196 Å². The molecular formula is C19H20N2O9. The molecule has 0 bridgehead atoms. The van der Waals surface area contributed by atoms with E-state index in [0.29, 0.717) is 0 Å². The van der Waals surface area contributed by atoms with E-state index in [1.54, 1.807) is 24.3 Å². The molecule has 160 valence electrons. The number of esters is 2. The summed E-state index contributed by atoms with van der Waals surface area (Å²) in [7, 11) is 0. The Hall–Kier alpha value is -4.41. The molecule has 0 aliphatic carbocycles. The first-order valence-electron chi connectivity index (χ1n) is 8.02. The maximum absolute atomic E-state index is 10.6. The lowest BCUT2D eigenvalue weighted by Gasteiger charge is -2.03. The van der Waals surface area contributed by atoms with Crippen molar-refractivity contribution in [2.75, 3.05) is 0 Å². The average molecular weight is 420 g/mol. The van der Waals surface area contributed by atoms with E-state index < -0.39 is 29.9 Å². The van der Waals surface area contributed by atoms with Crippen molar-refractivity contribution in [3.8, 4) is 11.5 Å². The number of ether oxygens (including phenoxy) is 2. The standard InChI is InChI=1S/2C9H8O4.CH4N2O/c2*1-6(10)13-8-5-3-2-4-7(8)9(11)12;2-1(3)4/h2*2-5H,1H3,(H,11,12);(H4,2,3,4). The molecule has 0 unspecified atom stereocenters. The Morgan fingerprint density at radius 2 is 0.933 bits per heavy atom. The average Bonchev–Trinajstić information content (AvgIpc) is 2.61. The molecular weight excluding hydrogens is 400 g/mol. The highest BCUT2D eigenvalue weighted by molar-refractivity contribution is 5.92. The number of primary amides is 2. The Labute approximate surface area is 170 Å². The number of carboxylic acids is 2. The number of hydrogen-bond acceptors (Lipinski definition) is 7. The predicted molar refractivity (Wildman–Crippen MR) is 103 cm³/mol. The first-order valence-corrected chi connectivity index (χ1v) is 8.02. The highest BCUT2D eigenvalue weighted by Crippen LogP contribution is 2.18. The second kappa shape index (κ2) is 12.9. The van der Waals surface area contributed by atoms with Gasteiger partial charge in [-0.2, -0.15) is 0 Å². The lowest BCUT2D eigenvalue weighted by Crippen LogP contribution is -2.18. The Kier molecular flexibility index (Phi) is 11.0. The van der Waals surface area contributed by atoms with Gasteiger partial charge in [0.2, 0.25) is 0 Å². The Bertz CT molecular complexity index is 852. The number of carbonyl (C=O) groups is 5. The van der Waals surface area contributed by atoms with Gasteiger partial charge in [0.1, 0.15) is 22.6 Å². The molecule has 2 aromatic carbocycles. The summed E-state index contributed by atoms with van der Waals surface area (Å²) in [5, 5.41) is 17.4. The van der Waals surface area contributed by atoms with Crippen molar-refractivity contribution in [3.63, 3.8) is 0 Å². The van der Waals surface area contributed by atoms with Crippen LogP contribution in [0.15, 0.2) is 48.5 Å². The Morgan fingerprint density at radius 1 is 0.667 bits per heavy atom. The van der Waals surface area contributed by atoms with Crippen molar-refractivity contribution in [2.45, 2.75) is 13.8 Å². The number of urea groups is 1. The number of amides is 2. The van der Waals surface area contributed by atoms with Gasteiger partial charge in [-0.3, -0.25) is 9.59 Å². The lowest BCUT2D eigenvalue weighted by atomic mass is 10.2. The van der Waals surface area contributed by atoms with Crippen LogP contribution in [0.2, 0.25) is 0 Å². The highest BCUT2D eigenvalue weighted by Gasteiger charge is 2.11. The highest BCUT2D eigenvalue weighted by atomic mass is 16.5. The first-order chi connectivity index (χ1) is 14.0. The fourth-order valence-corrected chi connectivity index (χ4v) is 1.77. The SMILES string of the molecule is CC(=O)Oc1ccccc1C(=O)O.CC(=O)Oc1ccccc1C(=O)O.NC(N)=O. The third kappa shape index (κ3) is 10.7. The minimum Gasteiger partial charge on any atom is -0.478 e. The molecule has 0 saturated heterocycles. The van der Waals surface area contributed by atoms with Gasteiger partial charge in [0.15, 0.2) is 0 Å². The molecule has 6 N–H and O–H groups in total. The quantitative estimate of drug-likeness (QED) is 0.419. The van der Waals surface area contributed by atoms with E-state index in [0.717, 1.165) is 0 Å². The number of carbonyl (C=O) groups excluding carboxylic acids is 3. The second-order valence-electron chi connectivity index (χ2n) is 5.19. The molecule has 0 spiro atoms. The van der Waals surface area contributed by atoms with Crippen LogP contribution in [0.1, 0.15) is 34.6 Å². The molecule has 0 fully saturated rings. The van der Waals surface area contributed by atoms with Gasteiger partial charge in [0.05, 0.1) is 0 Å². The maximum Gasteiger partial charge on any atom is 0.339 e. The number of hydrogen-bond donors (Lipinski definition) is 4. The van der Waals surface area contributed by atoms with Gasteiger partial charge in [-0.25, -0.2) is 14.4 Å². The number of nitrogens with two attached hydrogens (primary N) is 2. The largest absolute Gasteiger partial charge is 0.478 e. The summed E-state index contributed by atoms with van der Waals surface area (Å²) in [4.78, 5) is 51.4. The van der Waals surface area contributed by atoms with Gasteiger partial charge in [0.25, 0.3) is 0 Å². The van der Waals surface area contributed by atoms with Crippen LogP contribution >= 0.6 is 0 Å². The monoisotopic (exact) mass is 420 g/mol. The van der Waals surface area contributed by atoms with Gasteiger partial charge in [-0.1, -0.05) is 24.3 Å². The second-order valence-corrected chi connectivity index (χ2v) is 5.19. The fraction of sp³-hybridized carbons (Fsp3) is 0.105. The van der Waals surface area contributed by atoms with Crippen molar-refractivity contribution in [3.05, 3.63) is 59.7 Å². The van der Waals surface area contributed by atoms with Crippen LogP contribution in [0.3, 0.4) is 0 Å². The van der Waals surface area contributed by atoms with E-state index in [1.807, 2.05) is 0 Å². The van der Waals surface area contributed by atoms with E-state index >= 15 is 0 Å². The van der Waals surface area contributed by atoms with E-state index in [1.165, 1.54) is 38.1 Å². The Balaban J connectivity index is 0.000000477. The maximum atomic E-state index is 10.6. The van der Waals surface area contributed by atoms with Crippen LogP contribution in [0.25, 0.3) is 0 Å². The van der Waals surface area contributed by atoms with Crippen molar-refractivity contribution >= 4 is 29.9 Å². The minimum absolute atomic E-state index is 0.0160. The molecule has 0 atom stereocenters. The van der Waals surface area contributed by atoms with Crippen LogP contribution < -0.4 is 20.9 Å². The smallest absolute Gasteiger partial charge is 0.339 e. The van der Waals surface area contributed by atoms with E-state index in [4.69, 9.17) is 15.0 Å². The zero-order chi connectivity index (χ0) is 23.3. The summed E-state index contributed by atoms with van der Waals surface area (Å²) < 4.78 is 9.37. The predicted octanol–water partition coefficient (Wildman–Crippen LogP) is 1.64. The van der Waals surface area contributed by atoms with Crippen molar-refractivity contribution in [1.29, 1.82) is 0 Å². The third-order valence-corrected chi connectivity index (χ3v) is 2.74. The molecule has 11 heteroatoms. The third-order valence-electron chi connectivity index (χ3n) is 2.74. The fourth-order valence-electron chi connectivity index (χ4n) is 1.77. The van der Waals surface area contributed by atoms with Crippen LogP contribution in [0.5, 0.6) is 11.5 Å². The molecule has 0 aliphatic heterocycles. The number of para-hydroxylation sites is 2. The lowest BCUT2D eigenvalue weighted by molar-refractivity contribution is -0.132. The molecule has 2 aromatic rings. The van der Waals surface area contributed by atoms with Gasteiger partial charge in [0, 0.05) is 13.8 Å². The molecule has 0 aromatic heterocycles. The van der Waals surface area contributed by atoms with E-state index in [-0.39, 0.29) is 22.6 Å². The van der Waals surface area contributed by atoms with Gasteiger partial charge >= 0.3 is 29.9 Å². The van der Waals surface area contributed by atoms with Gasteiger partial charge in [-0.05, 0) is 24.3 Å². The number of rotatable bonds is 4. The molecule has 0 aliphatic rings. The van der Waals surface area contributed by atoms with Crippen molar-refractivity contribution in [1.82, 2.24) is 0 Å². The summed E-state index contributed by atoms with van der Waals surface area (Å²) in [5.74, 6) is -3.15. The van der Waals surface area contributed by atoms with Crippen LogP contribution in [-0.2, 0) is 9.59 Å². The normalized spacial score (nSPS) is 8.87. The van der Waals surface area contributed by atoms with Gasteiger partial charge in [-0.15, -0.1) is 0 Å². The molecule has 11 nitrogen and oxygen atoms in total. The summed E-state index contributed by atoms with van der Waals surface area (Å²) in [5.41, 5.74) is 8.47. The van der Waals surface area contributed by atoms with Crippen LogP contribution in [-0.4, -0.2) is 40.1 Å². The zero-order valence-electron chi connectivity index (χ0n) is 16.0. The van der Waals surface area contributed by atoms with Crippen LogP contribution in [0, 0.1) is 0 Å². The van der Waals surface area contributed by atoms with Crippen molar-refractivity contribution in [2.24, 2.45) is 11.5 Å². The Morgan fingerprint density at radius 3 is 1.17 bits per heavy atom. The molecule has 2 rings (SSSR count). The van der Waals surface area contributed by atoms with E-state index in [2.05, 4.69) is 20.9 Å². The molecule has 30 heavy (non-hydrogen) atoms.